The molecule has 0 spiro atoms. The first kappa shape index (κ1) is 20.4. The van der Waals surface area contributed by atoms with Gasteiger partial charge in [-0.3, -0.25) is 4.57 Å². The van der Waals surface area contributed by atoms with Crippen molar-refractivity contribution in [2.24, 2.45) is 0 Å². The summed E-state index contributed by atoms with van der Waals surface area (Å²) in [6.07, 6.45) is 7.13. The molecule has 2 amide bonds. The molecule has 0 saturated carbocycles. The molecule has 4 aromatic rings. The second-order valence-electron chi connectivity index (χ2n) is 6.52. The van der Waals surface area contributed by atoms with Gasteiger partial charge >= 0.3 is 6.03 Å². The first-order chi connectivity index (χ1) is 15.1. The van der Waals surface area contributed by atoms with Crippen molar-refractivity contribution in [1.82, 2.24) is 19.5 Å². The molecule has 9 heteroatoms. The Bertz CT molecular complexity index is 1180. The quantitative estimate of drug-likeness (QED) is 0.410. The third kappa shape index (κ3) is 5.40. The van der Waals surface area contributed by atoms with E-state index in [-0.39, 0.29) is 6.03 Å². The Hall–Kier alpha value is -3.85. The molecule has 2 N–H and O–H groups in total. The molecular formula is C22H20N6O2S. The van der Waals surface area contributed by atoms with Crippen molar-refractivity contribution in [2.45, 2.75) is 11.8 Å². The number of benzene rings is 2. The first-order valence-corrected chi connectivity index (χ1v) is 10.7. The zero-order chi connectivity index (χ0) is 21.6. The lowest BCUT2D eigenvalue weighted by Gasteiger charge is -2.10. The van der Waals surface area contributed by atoms with E-state index in [0.29, 0.717) is 29.0 Å². The van der Waals surface area contributed by atoms with Gasteiger partial charge in [0.1, 0.15) is 23.7 Å². The van der Waals surface area contributed by atoms with E-state index in [2.05, 4.69) is 25.6 Å². The number of carbonyl (C=O) groups is 1. The number of anilines is 2. The third-order valence-corrected chi connectivity index (χ3v) is 4.96. The smallest absolute Gasteiger partial charge is 0.323 e. The summed E-state index contributed by atoms with van der Waals surface area (Å²) in [5.74, 6) is 2.26. The second kappa shape index (κ2) is 9.31. The summed E-state index contributed by atoms with van der Waals surface area (Å²) in [6.45, 7) is 1.80. The molecule has 0 saturated heterocycles. The van der Waals surface area contributed by atoms with E-state index in [9.17, 15) is 4.79 Å². The number of nitrogens with zero attached hydrogens (tertiary/aromatic N) is 4. The van der Waals surface area contributed by atoms with Gasteiger partial charge in [0.05, 0.1) is 0 Å². The minimum atomic E-state index is -0.316. The fourth-order valence-electron chi connectivity index (χ4n) is 2.83. The molecule has 0 unspecified atom stereocenters. The van der Waals surface area contributed by atoms with Crippen LogP contribution in [0.4, 0.5) is 16.2 Å². The molecule has 4 rings (SSSR count). The number of imidazole rings is 1. The van der Waals surface area contributed by atoms with Gasteiger partial charge in [-0.2, -0.15) is 4.98 Å². The van der Waals surface area contributed by atoms with Crippen molar-refractivity contribution in [1.29, 1.82) is 0 Å². The molecule has 0 aliphatic rings. The molecule has 2 aromatic carbocycles. The van der Waals surface area contributed by atoms with Crippen LogP contribution in [0.3, 0.4) is 0 Å². The number of rotatable bonds is 6. The summed E-state index contributed by atoms with van der Waals surface area (Å²) in [5, 5.41) is 5.63. The minimum Gasteiger partial charge on any atom is -0.439 e. The number of urea groups is 1. The third-order valence-electron chi connectivity index (χ3n) is 4.23. The van der Waals surface area contributed by atoms with E-state index in [1.807, 2.05) is 30.5 Å². The fourth-order valence-corrected chi connectivity index (χ4v) is 3.29. The van der Waals surface area contributed by atoms with Crippen molar-refractivity contribution in [3.63, 3.8) is 0 Å². The van der Waals surface area contributed by atoms with Gasteiger partial charge in [-0.1, -0.05) is 6.07 Å². The van der Waals surface area contributed by atoms with E-state index < -0.39 is 0 Å². The van der Waals surface area contributed by atoms with Gasteiger partial charge < -0.3 is 15.4 Å². The number of amides is 2. The van der Waals surface area contributed by atoms with Gasteiger partial charge in [-0.15, -0.1) is 11.8 Å². The van der Waals surface area contributed by atoms with Crippen molar-refractivity contribution in [3.8, 4) is 17.4 Å². The monoisotopic (exact) mass is 432 g/mol. The molecule has 0 bridgehead atoms. The highest BCUT2D eigenvalue weighted by molar-refractivity contribution is 7.98. The van der Waals surface area contributed by atoms with E-state index in [1.165, 1.54) is 0 Å². The highest BCUT2D eigenvalue weighted by Crippen LogP contribution is 2.23. The number of aryl methyl sites for hydroxylation is 1. The summed E-state index contributed by atoms with van der Waals surface area (Å²) < 4.78 is 7.64. The van der Waals surface area contributed by atoms with Crippen LogP contribution in [0.25, 0.3) is 5.82 Å². The number of ether oxygens (including phenoxy) is 1. The van der Waals surface area contributed by atoms with Crippen LogP contribution in [0.5, 0.6) is 11.6 Å². The maximum absolute atomic E-state index is 12.3. The van der Waals surface area contributed by atoms with E-state index in [1.54, 1.807) is 72.3 Å². The van der Waals surface area contributed by atoms with Crippen LogP contribution < -0.4 is 15.4 Å². The first-order valence-electron chi connectivity index (χ1n) is 9.43. The number of hydrogen-bond acceptors (Lipinski definition) is 6. The molecule has 2 aromatic heterocycles. The lowest BCUT2D eigenvalue weighted by Crippen LogP contribution is -2.19. The van der Waals surface area contributed by atoms with Crippen molar-refractivity contribution < 1.29 is 9.53 Å². The van der Waals surface area contributed by atoms with Crippen LogP contribution in [0.2, 0.25) is 0 Å². The zero-order valence-corrected chi connectivity index (χ0v) is 17.8. The van der Waals surface area contributed by atoms with Crippen LogP contribution in [-0.2, 0) is 0 Å². The van der Waals surface area contributed by atoms with Crippen LogP contribution in [0.15, 0.2) is 78.2 Å². The lowest BCUT2D eigenvalue weighted by molar-refractivity contribution is 0.262. The second-order valence-corrected chi connectivity index (χ2v) is 7.40. The summed E-state index contributed by atoms with van der Waals surface area (Å²) in [4.78, 5) is 26.1. The van der Waals surface area contributed by atoms with Gasteiger partial charge in [-0.05, 0) is 55.6 Å². The molecule has 0 aliphatic heterocycles. The van der Waals surface area contributed by atoms with Gasteiger partial charge in [-0.25, -0.2) is 14.8 Å². The fraction of sp³-hybridized carbons (Fsp3) is 0.0909. The standard InChI is InChI=1S/C22H20N6O2S/c1-15-24-20(28-11-10-23-14-28)13-21(25-15)30-18-8-6-16(7-9-18)26-22(29)27-17-4-3-5-19(12-17)31-2/h3-14H,1-2H3,(H2,26,27,29). The Kier molecular flexibility index (Phi) is 6.13. The van der Waals surface area contributed by atoms with Gasteiger partial charge in [0.25, 0.3) is 0 Å². The number of thioether (sulfide) groups is 1. The van der Waals surface area contributed by atoms with Gasteiger partial charge in [0.15, 0.2) is 0 Å². The maximum Gasteiger partial charge on any atom is 0.323 e. The highest BCUT2D eigenvalue weighted by atomic mass is 32.2. The lowest BCUT2D eigenvalue weighted by atomic mass is 10.3. The molecule has 2 heterocycles. The Labute approximate surface area is 183 Å². The van der Waals surface area contributed by atoms with Crippen molar-refractivity contribution >= 4 is 29.2 Å². The summed E-state index contributed by atoms with van der Waals surface area (Å²) in [6, 6.07) is 16.1. The molecule has 0 aliphatic carbocycles. The van der Waals surface area contributed by atoms with Crippen molar-refractivity contribution in [3.05, 3.63) is 79.1 Å². The summed E-state index contributed by atoms with van der Waals surface area (Å²) in [5.41, 5.74) is 1.38. The van der Waals surface area contributed by atoms with E-state index in [4.69, 9.17) is 4.74 Å². The zero-order valence-electron chi connectivity index (χ0n) is 16.9. The molecule has 156 valence electrons. The van der Waals surface area contributed by atoms with Crippen LogP contribution in [0, 0.1) is 6.92 Å². The SMILES string of the molecule is CSc1cccc(NC(=O)Nc2ccc(Oc3cc(-n4ccnc4)nc(C)n3)cc2)c1. The van der Waals surface area contributed by atoms with E-state index in [0.717, 1.165) is 10.6 Å². The molecule has 0 atom stereocenters. The summed E-state index contributed by atoms with van der Waals surface area (Å²) in [7, 11) is 0. The molecule has 0 radical (unpaired) electrons. The van der Waals surface area contributed by atoms with Crippen LogP contribution >= 0.6 is 11.8 Å². The number of carbonyl (C=O) groups excluding carboxylic acids is 1. The normalized spacial score (nSPS) is 10.5. The van der Waals surface area contributed by atoms with Gasteiger partial charge in [0, 0.05) is 34.7 Å². The van der Waals surface area contributed by atoms with E-state index >= 15 is 0 Å². The Morgan fingerprint density at radius 2 is 1.84 bits per heavy atom. The number of aromatic nitrogens is 4. The minimum absolute atomic E-state index is 0.316. The molecule has 8 nitrogen and oxygen atoms in total. The average molecular weight is 433 g/mol. The van der Waals surface area contributed by atoms with Crippen molar-refractivity contribution in [2.75, 3.05) is 16.9 Å². The summed E-state index contributed by atoms with van der Waals surface area (Å²) >= 11 is 1.62. The predicted molar refractivity (Wildman–Crippen MR) is 121 cm³/mol. The molecular weight excluding hydrogens is 412 g/mol. The number of nitrogens with one attached hydrogen (secondary N) is 2. The topological polar surface area (TPSA) is 94.0 Å². The predicted octanol–water partition coefficient (Wildman–Crippen LogP) is 5.13. The maximum atomic E-state index is 12.3. The molecule has 0 fully saturated rings. The van der Waals surface area contributed by atoms with Gasteiger partial charge in [0.2, 0.25) is 5.88 Å². The largest absolute Gasteiger partial charge is 0.439 e. The Balaban J connectivity index is 1.40. The van der Waals surface area contributed by atoms with Crippen LogP contribution in [0.1, 0.15) is 5.82 Å². The molecule has 31 heavy (non-hydrogen) atoms. The average Bonchev–Trinajstić information content (AvgIpc) is 3.30. The Morgan fingerprint density at radius 3 is 2.58 bits per heavy atom. The Morgan fingerprint density at radius 1 is 1.03 bits per heavy atom. The van der Waals surface area contributed by atoms with Crippen LogP contribution in [-0.4, -0.2) is 31.8 Å². The highest BCUT2D eigenvalue weighted by Gasteiger charge is 2.07. The number of hydrogen-bond donors (Lipinski definition) is 2.